The van der Waals surface area contributed by atoms with Crippen LogP contribution in [0.3, 0.4) is 0 Å². The molecular formula is C22H26N2O2. The van der Waals surface area contributed by atoms with Crippen LogP contribution in [-0.4, -0.2) is 48.6 Å². The van der Waals surface area contributed by atoms with Gasteiger partial charge in [-0.2, -0.15) is 0 Å². The van der Waals surface area contributed by atoms with Gasteiger partial charge in [0, 0.05) is 25.9 Å². The summed E-state index contributed by atoms with van der Waals surface area (Å²) >= 11 is 0. The largest absolute Gasteiger partial charge is 0.361 e. The summed E-state index contributed by atoms with van der Waals surface area (Å²) < 4.78 is 12.4. The van der Waals surface area contributed by atoms with E-state index in [1.165, 1.54) is 11.1 Å². The molecule has 3 aliphatic rings. The van der Waals surface area contributed by atoms with Gasteiger partial charge in [0.2, 0.25) is 0 Å². The van der Waals surface area contributed by atoms with E-state index in [2.05, 4.69) is 70.5 Å². The van der Waals surface area contributed by atoms with Crippen LogP contribution >= 0.6 is 0 Å². The van der Waals surface area contributed by atoms with Crippen LogP contribution in [0.1, 0.15) is 36.1 Å². The maximum absolute atomic E-state index is 6.21. The molecule has 0 aromatic heterocycles. The first kappa shape index (κ1) is 16.5. The van der Waals surface area contributed by atoms with Gasteiger partial charge in [0.05, 0.1) is 25.3 Å². The van der Waals surface area contributed by atoms with Crippen LogP contribution in [0.4, 0.5) is 0 Å². The molecule has 0 aliphatic carbocycles. The number of hydrogen-bond donors (Lipinski definition) is 0. The summed E-state index contributed by atoms with van der Waals surface area (Å²) in [5.74, 6) is 0. The van der Waals surface area contributed by atoms with Crippen molar-refractivity contribution in [2.24, 2.45) is 0 Å². The Labute approximate surface area is 155 Å². The molecule has 0 N–H and O–H groups in total. The Kier molecular flexibility index (Phi) is 4.51. The molecule has 2 aromatic rings. The summed E-state index contributed by atoms with van der Waals surface area (Å²) in [4.78, 5) is 5.09. The van der Waals surface area contributed by atoms with Crippen LogP contribution in [0.2, 0.25) is 0 Å². The fraction of sp³-hybridized carbons (Fsp3) is 0.455. The highest BCUT2D eigenvalue weighted by molar-refractivity contribution is 5.21. The van der Waals surface area contributed by atoms with Crippen molar-refractivity contribution in [3.8, 4) is 0 Å². The SMILES string of the molecule is c1ccc([C@@H]2COC3CCN4C(CCN32)OC[C@H]4c2ccccc2)cc1. The molecule has 0 spiro atoms. The second kappa shape index (κ2) is 7.12. The molecular weight excluding hydrogens is 324 g/mol. The second-order valence-electron chi connectivity index (χ2n) is 7.48. The predicted molar refractivity (Wildman–Crippen MR) is 100 cm³/mol. The summed E-state index contributed by atoms with van der Waals surface area (Å²) in [5, 5.41) is 0. The lowest BCUT2D eigenvalue weighted by atomic mass is 10.0. The highest BCUT2D eigenvalue weighted by Crippen LogP contribution is 2.38. The Morgan fingerprint density at radius 2 is 1.04 bits per heavy atom. The summed E-state index contributed by atoms with van der Waals surface area (Å²) in [7, 11) is 0. The van der Waals surface area contributed by atoms with E-state index in [0.717, 1.165) is 39.1 Å². The van der Waals surface area contributed by atoms with Gasteiger partial charge in [-0.15, -0.1) is 0 Å². The Morgan fingerprint density at radius 3 is 1.46 bits per heavy atom. The Bertz CT molecular complexity index is 660. The lowest BCUT2D eigenvalue weighted by molar-refractivity contribution is -0.0425. The molecule has 3 heterocycles. The van der Waals surface area contributed by atoms with E-state index < -0.39 is 0 Å². The van der Waals surface area contributed by atoms with Crippen molar-refractivity contribution in [2.45, 2.75) is 37.4 Å². The molecule has 2 aromatic carbocycles. The molecule has 26 heavy (non-hydrogen) atoms. The minimum Gasteiger partial charge on any atom is -0.361 e. The molecule has 0 saturated carbocycles. The Hall–Kier alpha value is -1.72. The number of fused-ring (bicyclic) bond motifs is 2. The zero-order valence-corrected chi connectivity index (χ0v) is 15.0. The molecule has 4 heteroatoms. The van der Waals surface area contributed by atoms with Crippen LogP contribution in [0, 0.1) is 0 Å². The number of benzene rings is 2. The average molecular weight is 350 g/mol. The van der Waals surface area contributed by atoms with Gasteiger partial charge in [0.25, 0.3) is 0 Å². The molecule has 3 saturated heterocycles. The molecule has 3 fully saturated rings. The van der Waals surface area contributed by atoms with Gasteiger partial charge in [-0.25, -0.2) is 0 Å². The van der Waals surface area contributed by atoms with E-state index in [0.29, 0.717) is 12.1 Å². The van der Waals surface area contributed by atoms with Crippen LogP contribution in [0.15, 0.2) is 60.7 Å². The molecule has 3 aliphatic heterocycles. The van der Waals surface area contributed by atoms with Crippen molar-refractivity contribution in [2.75, 3.05) is 26.3 Å². The normalized spacial score (nSPS) is 32.6. The molecule has 4 nitrogen and oxygen atoms in total. The molecule has 5 rings (SSSR count). The van der Waals surface area contributed by atoms with Crippen molar-refractivity contribution in [1.29, 1.82) is 0 Å². The number of hydrogen-bond acceptors (Lipinski definition) is 4. The van der Waals surface area contributed by atoms with Crippen LogP contribution < -0.4 is 0 Å². The number of nitrogens with zero attached hydrogens (tertiary/aromatic N) is 2. The summed E-state index contributed by atoms with van der Waals surface area (Å²) in [6, 6.07) is 22.3. The zero-order chi connectivity index (χ0) is 17.3. The molecule has 136 valence electrons. The lowest BCUT2D eigenvalue weighted by Gasteiger charge is -2.36. The predicted octanol–water partition coefficient (Wildman–Crippen LogP) is 3.58. The van der Waals surface area contributed by atoms with Crippen molar-refractivity contribution in [1.82, 2.24) is 9.80 Å². The monoisotopic (exact) mass is 350 g/mol. The molecule has 0 bridgehead atoms. The summed E-state index contributed by atoms with van der Waals surface area (Å²) in [6.45, 7) is 3.63. The van der Waals surface area contributed by atoms with E-state index in [9.17, 15) is 0 Å². The maximum atomic E-state index is 6.21. The van der Waals surface area contributed by atoms with Crippen LogP contribution in [0.25, 0.3) is 0 Å². The molecule has 0 radical (unpaired) electrons. The highest BCUT2D eigenvalue weighted by Gasteiger charge is 2.42. The first-order chi connectivity index (χ1) is 12.9. The fourth-order valence-electron chi connectivity index (χ4n) is 4.73. The van der Waals surface area contributed by atoms with E-state index in [1.54, 1.807) is 0 Å². The lowest BCUT2D eigenvalue weighted by Crippen LogP contribution is -2.44. The van der Waals surface area contributed by atoms with Crippen LogP contribution in [0.5, 0.6) is 0 Å². The van der Waals surface area contributed by atoms with E-state index in [1.807, 2.05) is 0 Å². The van der Waals surface area contributed by atoms with Gasteiger partial charge in [-0.1, -0.05) is 60.7 Å². The average Bonchev–Trinajstić information content (AvgIpc) is 3.27. The van der Waals surface area contributed by atoms with E-state index in [4.69, 9.17) is 9.47 Å². The summed E-state index contributed by atoms with van der Waals surface area (Å²) in [5.41, 5.74) is 2.73. The first-order valence-electron chi connectivity index (χ1n) is 9.75. The number of rotatable bonds is 2. The van der Waals surface area contributed by atoms with Gasteiger partial charge in [-0.05, 0) is 11.1 Å². The third kappa shape index (κ3) is 2.97. The third-order valence-corrected chi connectivity index (χ3v) is 6.07. The molecule has 2 unspecified atom stereocenters. The van der Waals surface area contributed by atoms with Gasteiger partial charge in [0.15, 0.2) is 0 Å². The standard InChI is InChI=1S/C22H26N2O2/c1-3-7-17(8-4-1)19-15-25-21-12-14-24-20(18-9-5-2-6-10-18)16-26-22(24)11-13-23(19)21/h1-10,19-22H,11-16H2/t19-,20-,21?,22?/m0/s1. The fourth-order valence-corrected chi connectivity index (χ4v) is 4.73. The van der Waals surface area contributed by atoms with Crippen molar-refractivity contribution in [3.05, 3.63) is 71.8 Å². The van der Waals surface area contributed by atoms with E-state index in [-0.39, 0.29) is 12.5 Å². The van der Waals surface area contributed by atoms with Gasteiger partial charge in [-0.3, -0.25) is 9.80 Å². The van der Waals surface area contributed by atoms with E-state index >= 15 is 0 Å². The van der Waals surface area contributed by atoms with Gasteiger partial charge >= 0.3 is 0 Å². The van der Waals surface area contributed by atoms with Gasteiger partial charge < -0.3 is 9.47 Å². The van der Waals surface area contributed by atoms with Crippen LogP contribution in [-0.2, 0) is 9.47 Å². The highest BCUT2D eigenvalue weighted by atomic mass is 16.5. The first-order valence-corrected chi connectivity index (χ1v) is 9.75. The van der Waals surface area contributed by atoms with Crippen molar-refractivity contribution in [3.63, 3.8) is 0 Å². The van der Waals surface area contributed by atoms with Crippen molar-refractivity contribution >= 4 is 0 Å². The quantitative estimate of drug-likeness (QED) is 0.827. The zero-order valence-electron chi connectivity index (χ0n) is 15.0. The topological polar surface area (TPSA) is 24.9 Å². The minimum absolute atomic E-state index is 0.221. The van der Waals surface area contributed by atoms with Crippen molar-refractivity contribution < 1.29 is 9.47 Å². The maximum Gasteiger partial charge on any atom is 0.112 e. The minimum atomic E-state index is 0.221. The van der Waals surface area contributed by atoms with Gasteiger partial charge in [0.1, 0.15) is 12.5 Å². The second-order valence-corrected chi connectivity index (χ2v) is 7.48. The molecule has 0 amide bonds. The Balaban J connectivity index is 1.33. The Morgan fingerprint density at radius 1 is 0.615 bits per heavy atom. The third-order valence-electron chi connectivity index (χ3n) is 6.07. The molecule has 4 atom stereocenters. The smallest absolute Gasteiger partial charge is 0.112 e. The summed E-state index contributed by atoms with van der Waals surface area (Å²) in [6.07, 6.45) is 2.51. The number of ether oxygens (including phenoxy) is 2.